The Bertz CT molecular complexity index is 369. The van der Waals surface area contributed by atoms with Crippen LogP contribution in [0.4, 0.5) is 0 Å². The van der Waals surface area contributed by atoms with Crippen molar-refractivity contribution in [1.29, 1.82) is 0 Å². The highest BCUT2D eigenvalue weighted by Crippen LogP contribution is 2.21. The van der Waals surface area contributed by atoms with Crippen LogP contribution < -0.4 is 0 Å². The summed E-state index contributed by atoms with van der Waals surface area (Å²) in [6.45, 7) is 5.62. The minimum Gasteiger partial charge on any atom is -0.481 e. The van der Waals surface area contributed by atoms with E-state index in [0.717, 1.165) is 26.2 Å². The number of hydrogen-bond donors (Lipinski definition) is 1. The van der Waals surface area contributed by atoms with E-state index in [4.69, 9.17) is 5.11 Å². The zero-order chi connectivity index (χ0) is 11.5. The minimum atomic E-state index is -0.691. The van der Waals surface area contributed by atoms with Gasteiger partial charge in [-0.05, 0) is 12.8 Å². The first-order valence-corrected chi connectivity index (χ1v) is 5.63. The molecule has 0 saturated carbocycles. The quantitative estimate of drug-likeness (QED) is 0.802. The van der Waals surface area contributed by atoms with Crippen LogP contribution in [-0.2, 0) is 17.9 Å². The number of rotatable bonds is 5. The Morgan fingerprint density at radius 1 is 1.62 bits per heavy atom. The number of nitrogens with zero attached hydrogens (tertiary/aromatic N) is 3. The van der Waals surface area contributed by atoms with E-state index in [0.29, 0.717) is 12.3 Å². The molecule has 0 aromatic carbocycles. The van der Waals surface area contributed by atoms with Gasteiger partial charge in [-0.1, -0.05) is 0 Å². The van der Waals surface area contributed by atoms with E-state index < -0.39 is 5.97 Å². The summed E-state index contributed by atoms with van der Waals surface area (Å²) in [5, 5.41) is 12.8. The minimum absolute atomic E-state index is 0.296. The van der Waals surface area contributed by atoms with Gasteiger partial charge < -0.3 is 5.11 Å². The Balaban J connectivity index is 1.74. The molecule has 1 aliphatic rings. The molecule has 0 radical (unpaired) electrons. The predicted octanol–water partition coefficient (Wildman–Crippen LogP) is 0.809. The number of carboxylic acids is 1. The third-order valence-electron chi connectivity index (χ3n) is 2.91. The van der Waals surface area contributed by atoms with Crippen molar-refractivity contribution in [2.75, 3.05) is 13.1 Å². The molecule has 1 saturated heterocycles. The summed E-state index contributed by atoms with van der Waals surface area (Å²) in [7, 11) is 0. The van der Waals surface area contributed by atoms with E-state index in [9.17, 15) is 4.79 Å². The smallest absolute Gasteiger partial charge is 0.303 e. The second-order valence-electron chi connectivity index (χ2n) is 4.36. The largest absolute Gasteiger partial charge is 0.481 e. The van der Waals surface area contributed by atoms with Gasteiger partial charge in [-0.15, -0.1) is 0 Å². The molecule has 88 valence electrons. The van der Waals surface area contributed by atoms with E-state index in [2.05, 4.69) is 16.9 Å². The van der Waals surface area contributed by atoms with Crippen molar-refractivity contribution in [3.63, 3.8) is 0 Å². The fourth-order valence-corrected chi connectivity index (χ4v) is 2.10. The lowest BCUT2D eigenvalue weighted by molar-refractivity contribution is -0.139. The molecule has 0 spiro atoms. The van der Waals surface area contributed by atoms with Gasteiger partial charge in [0.25, 0.3) is 0 Å². The van der Waals surface area contributed by atoms with E-state index >= 15 is 0 Å². The Labute approximate surface area is 94.7 Å². The van der Waals surface area contributed by atoms with Crippen molar-refractivity contribution in [3.05, 3.63) is 18.0 Å². The number of aryl methyl sites for hydroxylation is 1. The van der Waals surface area contributed by atoms with Crippen molar-refractivity contribution in [1.82, 2.24) is 14.7 Å². The second-order valence-corrected chi connectivity index (χ2v) is 4.36. The van der Waals surface area contributed by atoms with E-state index in [-0.39, 0.29) is 0 Å². The molecule has 0 amide bonds. The monoisotopic (exact) mass is 223 g/mol. The van der Waals surface area contributed by atoms with Crippen molar-refractivity contribution in [3.8, 4) is 0 Å². The molecule has 2 rings (SSSR count). The standard InChI is InChI=1S/C11H17N3O2/c1-2-14-8-10(4-12-14)7-13-5-9(6-13)3-11(15)16/h4,8-9H,2-3,5-7H2,1H3,(H,15,16). The van der Waals surface area contributed by atoms with Crippen molar-refractivity contribution >= 4 is 5.97 Å². The molecule has 16 heavy (non-hydrogen) atoms. The molecule has 0 unspecified atom stereocenters. The van der Waals surface area contributed by atoms with Gasteiger partial charge in [-0.2, -0.15) is 5.10 Å². The number of likely N-dealkylation sites (tertiary alicyclic amines) is 1. The highest BCUT2D eigenvalue weighted by molar-refractivity contribution is 5.67. The third-order valence-corrected chi connectivity index (χ3v) is 2.91. The number of carbonyl (C=O) groups is 1. The molecule has 5 heteroatoms. The SMILES string of the molecule is CCn1cc(CN2CC(CC(=O)O)C2)cn1. The van der Waals surface area contributed by atoms with Crippen LogP contribution in [0.5, 0.6) is 0 Å². The first kappa shape index (κ1) is 11.1. The second kappa shape index (κ2) is 4.65. The van der Waals surface area contributed by atoms with Crippen molar-refractivity contribution in [2.24, 2.45) is 5.92 Å². The maximum absolute atomic E-state index is 10.5. The highest BCUT2D eigenvalue weighted by atomic mass is 16.4. The number of aliphatic carboxylic acids is 1. The lowest BCUT2D eigenvalue weighted by atomic mass is 9.96. The Morgan fingerprint density at radius 2 is 2.38 bits per heavy atom. The molecule has 1 N–H and O–H groups in total. The van der Waals surface area contributed by atoms with Gasteiger partial charge in [0.2, 0.25) is 0 Å². The maximum atomic E-state index is 10.5. The van der Waals surface area contributed by atoms with Gasteiger partial charge in [0.05, 0.1) is 12.6 Å². The molecule has 0 atom stereocenters. The summed E-state index contributed by atoms with van der Waals surface area (Å²) in [5.74, 6) is -0.359. The summed E-state index contributed by atoms with van der Waals surface area (Å²) in [5.41, 5.74) is 1.20. The zero-order valence-electron chi connectivity index (χ0n) is 9.46. The molecule has 1 aliphatic heterocycles. The molecule has 0 bridgehead atoms. The van der Waals surface area contributed by atoms with Crippen molar-refractivity contribution < 1.29 is 9.90 Å². The average molecular weight is 223 g/mol. The molecule has 1 aromatic heterocycles. The van der Waals surface area contributed by atoms with Crippen LogP contribution in [0.1, 0.15) is 18.9 Å². The number of hydrogen-bond acceptors (Lipinski definition) is 3. The molecular formula is C11H17N3O2. The molecule has 1 aromatic rings. The van der Waals surface area contributed by atoms with Gasteiger partial charge in [0.1, 0.15) is 0 Å². The lowest BCUT2D eigenvalue weighted by Gasteiger charge is -2.38. The van der Waals surface area contributed by atoms with Crippen LogP contribution in [0.25, 0.3) is 0 Å². The zero-order valence-corrected chi connectivity index (χ0v) is 9.46. The van der Waals surface area contributed by atoms with Crippen LogP contribution in [0.3, 0.4) is 0 Å². The van der Waals surface area contributed by atoms with Gasteiger partial charge in [0.15, 0.2) is 0 Å². The first-order valence-electron chi connectivity index (χ1n) is 5.63. The Hall–Kier alpha value is -1.36. The summed E-state index contributed by atoms with van der Waals surface area (Å²) >= 11 is 0. The molecular weight excluding hydrogens is 206 g/mol. The van der Waals surface area contributed by atoms with Crippen LogP contribution in [0.2, 0.25) is 0 Å². The molecule has 0 aliphatic carbocycles. The molecule has 5 nitrogen and oxygen atoms in total. The number of carboxylic acid groups (broad SMARTS) is 1. The van der Waals surface area contributed by atoms with E-state index in [1.165, 1.54) is 5.56 Å². The van der Waals surface area contributed by atoms with Gasteiger partial charge in [-0.25, -0.2) is 0 Å². The average Bonchev–Trinajstić information content (AvgIpc) is 2.61. The van der Waals surface area contributed by atoms with Crippen LogP contribution >= 0.6 is 0 Å². The van der Waals surface area contributed by atoms with E-state index in [1.807, 2.05) is 17.1 Å². The molecule has 2 heterocycles. The third kappa shape index (κ3) is 2.61. The maximum Gasteiger partial charge on any atom is 0.303 e. The summed E-state index contributed by atoms with van der Waals surface area (Å²) < 4.78 is 1.91. The first-order chi connectivity index (χ1) is 7.67. The fourth-order valence-electron chi connectivity index (χ4n) is 2.10. The molecule has 1 fully saturated rings. The van der Waals surface area contributed by atoms with Crippen LogP contribution in [0.15, 0.2) is 12.4 Å². The summed E-state index contributed by atoms with van der Waals surface area (Å²) in [4.78, 5) is 12.7. The topological polar surface area (TPSA) is 58.4 Å². The Morgan fingerprint density at radius 3 is 2.94 bits per heavy atom. The van der Waals surface area contributed by atoms with Gasteiger partial charge in [-0.3, -0.25) is 14.4 Å². The highest BCUT2D eigenvalue weighted by Gasteiger charge is 2.28. The van der Waals surface area contributed by atoms with Crippen LogP contribution in [-0.4, -0.2) is 38.8 Å². The lowest BCUT2D eigenvalue weighted by Crippen LogP contribution is -2.46. The van der Waals surface area contributed by atoms with Crippen molar-refractivity contribution in [2.45, 2.75) is 26.4 Å². The van der Waals surface area contributed by atoms with Crippen LogP contribution in [0, 0.1) is 5.92 Å². The fraction of sp³-hybridized carbons (Fsp3) is 0.636. The summed E-state index contributed by atoms with van der Waals surface area (Å²) in [6, 6.07) is 0. The summed E-state index contributed by atoms with van der Waals surface area (Å²) in [6.07, 6.45) is 4.23. The Kier molecular flexibility index (Phi) is 3.24. The van der Waals surface area contributed by atoms with E-state index in [1.54, 1.807) is 0 Å². The normalized spacial score (nSPS) is 17.3. The van der Waals surface area contributed by atoms with Gasteiger partial charge in [0, 0.05) is 37.9 Å². The number of aromatic nitrogens is 2. The predicted molar refractivity (Wildman–Crippen MR) is 58.9 cm³/mol. The van der Waals surface area contributed by atoms with Gasteiger partial charge >= 0.3 is 5.97 Å².